The Morgan fingerprint density at radius 1 is 1.09 bits per heavy atom. The normalized spacial score (nSPS) is 23.7. The number of anilines is 2. The molecule has 2 heterocycles. The van der Waals surface area contributed by atoms with Gasteiger partial charge in [-0.3, -0.25) is 9.59 Å². The van der Waals surface area contributed by atoms with Crippen LogP contribution in [-0.4, -0.2) is 37.1 Å². The van der Waals surface area contributed by atoms with E-state index in [4.69, 9.17) is 4.74 Å². The van der Waals surface area contributed by atoms with Gasteiger partial charge < -0.3 is 20.7 Å². The van der Waals surface area contributed by atoms with Crippen molar-refractivity contribution in [1.29, 1.82) is 0 Å². The lowest BCUT2D eigenvalue weighted by Gasteiger charge is -2.12. The molecule has 2 fully saturated rings. The summed E-state index contributed by atoms with van der Waals surface area (Å²) in [4.78, 5) is 23.9. The average molecular weight is 317 g/mol. The van der Waals surface area contributed by atoms with Crippen LogP contribution >= 0.6 is 0 Å². The summed E-state index contributed by atoms with van der Waals surface area (Å²) in [7, 11) is 0. The summed E-state index contributed by atoms with van der Waals surface area (Å²) in [6.07, 6.45) is 4.05. The van der Waals surface area contributed by atoms with Crippen LogP contribution in [0.3, 0.4) is 0 Å². The second-order valence-electron chi connectivity index (χ2n) is 6.11. The van der Waals surface area contributed by atoms with Crippen LogP contribution in [0.4, 0.5) is 11.4 Å². The first-order valence-electron chi connectivity index (χ1n) is 8.26. The van der Waals surface area contributed by atoms with Gasteiger partial charge in [-0.1, -0.05) is 0 Å². The van der Waals surface area contributed by atoms with Crippen LogP contribution in [0.15, 0.2) is 24.3 Å². The Labute approximate surface area is 136 Å². The Balaban J connectivity index is 1.48. The van der Waals surface area contributed by atoms with Gasteiger partial charge in [0.05, 0.1) is 0 Å². The third-order valence-corrected chi connectivity index (χ3v) is 4.25. The summed E-state index contributed by atoms with van der Waals surface area (Å²) in [6, 6.07) is 7.46. The Kier molecular flexibility index (Phi) is 5.25. The molecule has 0 aliphatic carbocycles. The van der Waals surface area contributed by atoms with Crippen LogP contribution in [0, 0.1) is 0 Å². The molecule has 2 aliphatic rings. The molecule has 6 heteroatoms. The molecule has 2 atom stereocenters. The number of hydrogen-bond acceptors (Lipinski definition) is 4. The first-order valence-corrected chi connectivity index (χ1v) is 8.26. The van der Waals surface area contributed by atoms with Gasteiger partial charge in [-0.15, -0.1) is 0 Å². The van der Waals surface area contributed by atoms with E-state index in [2.05, 4.69) is 16.0 Å². The molecular formula is C17H23N3O3. The highest BCUT2D eigenvalue weighted by Crippen LogP contribution is 2.18. The van der Waals surface area contributed by atoms with Gasteiger partial charge in [0.25, 0.3) is 5.91 Å². The van der Waals surface area contributed by atoms with Crippen LogP contribution in [0.1, 0.15) is 32.1 Å². The zero-order chi connectivity index (χ0) is 16.1. The SMILES string of the molecule is O=C(CC1CCCN1)Nc1ccc(NC(=O)C2CCCO2)cc1. The molecule has 6 nitrogen and oxygen atoms in total. The summed E-state index contributed by atoms with van der Waals surface area (Å²) in [5, 5.41) is 9.04. The first-order chi connectivity index (χ1) is 11.2. The minimum Gasteiger partial charge on any atom is -0.368 e. The predicted octanol–water partition coefficient (Wildman–Crippen LogP) is 1.88. The lowest BCUT2D eigenvalue weighted by molar-refractivity contribution is -0.124. The maximum absolute atomic E-state index is 12.0. The first kappa shape index (κ1) is 16.0. The molecule has 0 radical (unpaired) electrons. The molecule has 23 heavy (non-hydrogen) atoms. The van der Waals surface area contributed by atoms with Gasteiger partial charge >= 0.3 is 0 Å². The lowest BCUT2D eigenvalue weighted by Crippen LogP contribution is -2.27. The molecule has 2 amide bonds. The van der Waals surface area contributed by atoms with Gasteiger partial charge in [0.15, 0.2) is 0 Å². The Morgan fingerprint density at radius 2 is 1.83 bits per heavy atom. The van der Waals surface area contributed by atoms with Crippen LogP contribution in [0.5, 0.6) is 0 Å². The summed E-state index contributed by atoms with van der Waals surface area (Å²) >= 11 is 0. The zero-order valence-electron chi connectivity index (χ0n) is 13.1. The minimum atomic E-state index is -0.340. The number of nitrogens with one attached hydrogen (secondary N) is 3. The van der Waals surface area contributed by atoms with Crippen molar-refractivity contribution in [2.45, 2.75) is 44.2 Å². The molecule has 1 aromatic carbocycles. The van der Waals surface area contributed by atoms with Gasteiger partial charge in [-0.25, -0.2) is 0 Å². The third kappa shape index (κ3) is 4.53. The highest BCUT2D eigenvalue weighted by Gasteiger charge is 2.23. The molecule has 124 valence electrons. The zero-order valence-corrected chi connectivity index (χ0v) is 13.1. The molecular weight excluding hydrogens is 294 g/mol. The number of benzene rings is 1. The second kappa shape index (κ2) is 7.57. The number of hydrogen-bond donors (Lipinski definition) is 3. The third-order valence-electron chi connectivity index (χ3n) is 4.25. The smallest absolute Gasteiger partial charge is 0.253 e. The van der Waals surface area contributed by atoms with E-state index in [-0.39, 0.29) is 17.9 Å². The summed E-state index contributed by atoms with van der Waals surface area (Å²) in [6.45, 7) is 1.65. The van der Waals surface area contributed by atoms with Crippen molar-refractivity contribution < 1.29 is 14.3 Å². The van der Waals surface area contributed by atoms with Crippen molar-refractivity contribution in [3.8, 4) is 0 Å². The van der Waals surface area contributed by atoms with E-state index in [9.17, 15) is 9.59 Å². The molecule has 0 spiro atoms. The van der Waals surface area contributed by atoms with Crippen LogP contribution < -0.4 is 16.0 Å². The molecule has 2 unspecified atom stereocenters. The van der Waals surface area contributed by atoms with Gasteiger partial charge in [0.2, 0.25) is 5.91 Å². The maximum Gasteiger partial charge on any atom is 0.253 e. The van der Waals surface area contributed by atoms with Gasteiger partial charge in [-0.05, 0) is 56.5 Å². The number of amides is 2. The molecule has 0 aromatic heterocycles. The standard InChI is InChI=1S/C17H23N3O3/c21-16(11-14-3-1-9-18-14)19-12-5-7-13(8-6-12)20-17(22)15-4-2-10-23-15/h5-8,14-15,18H,1-4,9-11H2,(H,19,21)(H,20,22). The van der Waals surface area contributed by atoms with Gasteiger partial charge in [-0.2, -0.15) is 0 Å². The quantitative estimate of drug-likeness (QED) is 0.775. The fourth-order valence-electron chi connectivity index (χ4n) is 3.01. The molecule has 3 rings (SSSR count). The maximum atomic E-state index is 12.0. The summed E-state index contributed by atoms with van der Waals surface area (Å²) in [5.41, 5.74) is 1.45. The van der Waals surface area contributed by atoms with Crippen molar-refractivity contribution in [3.05, 3.63) is 24.3 Å². The van der Waals surface area contributed by atoms with Crippen molar-refractivity contribution in [2.75, 3.05) is 23.8 Å². The van der Waals surface area contributed by atoms with Crippen LogP contribution in [0.2, 0.25) is 0 Å². The minimum absolute atomic E-state index is 0.0144. The molecule has 2 saturated heterocycles. The lowest BCUT2D eigenvalue weighted by atomic mass is 10.1. The van der Waals surface area contributed by atoms with E-state index in [1.54, 1.807) is 24.3 Å². The van der Waals surface area contributed by atoms with E-state index >= 15 is 0 Å². The topological polar surface area (TPSA) is 79.5 Å². The largest absolute Gasteiger partial charge is 0.368 e. The Hall–Kier alpha value is -1.92. The number of rotatable bonds is 5. The van der Waals surface area contributed by atoms with Crippen molar-refractivity contribution in [2.24, 2.45) is 0 Å². The monoisotopic (exact) mass is 317 g/mol. The fraction of sp³-hybridized carbons (Fsp3) is 0.529. The average Bonchev–Trinajstić information content (AvgIpc) is 3.22. The highest BCUT2D eigenvalue weighted by atomic mass is 16.5. The molecule has 2 aliphatic heterocycles. The van der Waals surface area contributed by atoms with Gasteiger partial charge in [0.1, 0.15) is 6.10 Å². The van der Waals surface area contributed by atoms with E-state index in [0.29, 0.717) is 24.8 Å². The summed E-state index contributed by atoms with van der Waals surface area (Å²) < 4.78 is 5.35. The summed E-state index contributed by atoms with van der Waals surface area (Å²) in [5.74, 6) is -0.0906. The Morgan fingerprint density at radius 3 is 2.43 bits per heavy atom. The number of carbonyl (C=O) groups excluding carboxylic acids is 2. The van der Waals surface area contributed by atoms with Crippen molar-refractivity contribution in [1.82, 2.24) is 5.32 Å². The molecule has 0 saturated carbocycles. The van der Waals surface area contributed by atoms with E-state index < -0.39 is 0 Å². The number of carbonyl (C=O) groups is 2. The van der Waals surface area contributed by atoms with Gasteiger partial charge in [0, 0.05) is 30.4 Å². The van der Waals surface area contributed by atoms with Crippen molar-refractivity contribution >= 4 is 23.2 Å². The molecule has 0 bridgehead atoms. The molecule has 1 aromatic rings. The highest BCUT2D eigenvalue weighted by molar-refractivity contribution is 5.95. The van der Waals surface area contributed by atoms with E-state index in [1.165, 1.54) is 0 Å². The predicted molar refractivity (Wildman–Crippen MR) is 88.3 cm³/mol. The van der Waals surface area contributed by atoms with Crippen LogP contribution in [0.25, 0.3) is 0 Å². The molecule has 3 N–H and O–H groups in total. The van der Waals surface area contributed by atoms with Crippen molar-refractivity contribution in [3.63, 3.8) is 0 Å². The fourth-order valence-corrected chi connectivity index (χ4v) is 3.01. The van der Waals surface area contributed by atoms with E-state index in [0.717, 1.165) is 37.9 Å². The number of ether oxygens (including phenoxy) is 1. The second-order valence-corrected chi connectivity index (χ2v) is 6.11. The Bertz CT molecular complexity index is 547. The van der Waals surface area contributed by atoms with Crippen LogP contribution in [-0.2, 0) is 14.3 Å². The van der Waals surface area contributed by atoms with E-state index in [1.807, 2.05) is 0 Å².